The molecular weight excluding hydrogens is 254 g/mol. The molecule has 0 aliphatic heterocycles. The monoisotopic (exact) mass is 277 g/mol. The standard InChI is InChI=1S/C15H23N3O2/c1-11(2)17-10-4-5-14(19)18-13-8-6-12(7-9-13)15(20)16-3/h6-9,11,17H,4-5,10H2,1-3H3,(H,16,20)(H,18,19). The van der Waals surface area contributed by atoms with Crippen LogP contribution in [-0.2, 0) is 4.79 Å². The highest BCUT2D eigenvalue weighted by Gasteiger charge is 2.05. The fourth-order valence-electron chi connectivity index (χ4n) is 1.71. The lowest BCUT2D eigenvalue weighted by Crippen LogP contribution is -2.24. The van der Waals surface area contributed by atoms with Crippen LogP contribution in [0, 0.1) is 0 Å². The number of hydrogen-bond acceptors (Lipinski definition) is 3. The van der Waals surface area contributed by atoms with Crippen molar-refractivity contribution in [1.82, 2.24) is 10.6 Å². The molecule has 3 N–H and O–H groups in total. The van der Waals surface area contributed by atoms with Gasteiger partial charge in [0.2, 0.25) is 5.91 Å². The quantitative estimate of drug-likeness (QED) is 0.665. The molecule has 0 radical (unpaired) electrons. The average Bonchev–Trinajstić information content (AvgIpc) is 2.43. The van der Waals surface area contributed by atoms with Crippen LogP contribution in [0.25, 0.3) is 0 Å². The SMILES string of the molecule is CNC(=O)c1ccc(NC(=O)CCCNC(C)C)cc1. The van der Waals surface area contributed by atoms with E-state index in [0.29, 0.717) is 23.7 Å². The molecule has 0 bridgehead atoms. The molecule has 110 valence electrons. The van der Waals surface area contributed by atoms with Gasteiger partial charge >= 0.3 is 0 Å². The fraction of sp³-hybridized carbons (Fsp3) is 0.467. The van der Waals surface area contributed by atoms with E-state index in [-0.39, 0.29) is 11.8 Å². The summed E-state index contributed by atoms with van der Waals surface area (Å²) in [4.78, 5) is 23.1. The molecule has 1 aromatic carbocycles. The summed E-state index contributed by atoms with van der Waals surface area (Å²) in [7, 11) is 1.59. The van der Waals surface area contributed by atoms with E-state index in [9.17, 15) is 9.59 Å². The molecule has 0 fully saturated rings. The Kier molecular flexibility index (Phi) is 6.73. The number of rotatable bonds is 7. The lowest BCUT2D eigenvalue weighted by Gasteiger charge is -2.08. The molecule has 0 unspecified atom stereocenters. The van der Waals surface area contributed by atoms with Crippen LogP contribution in [0.5, 0.6) is 0 Å². The largest absolute Gasteiger partial charge is 0.355 e. The van der Waals surface area contributed by atoms with Crippen LogP contribution in [0.15, 0.2) is 24.3 Å². The summed E-state index contributed by atoms with van der Waals surface area (Å²) >= 11 is 0. The maximum absolute atomic E-state index is 11.7. The van der Waals surface area contributed by atoms with Crippen molar-refractivity contribution in [1.29, 1.82) is 0 Å². The third-order valence-electron chi connectivity index (χ3n) is 2.79. The lowest BCUT2D eigenvalue weighted by molar-refractivity contribution is -0.116. The Morgan fingerprint density at radius 1 is 1.15 bits per heavy atom. The van der Waals surface area contributed by atoms with Crippen molar-refractivity contribution < 1.29 is 9.59 Å². The summed E-state index contributed by atoms with van der Waals surface area (Å²) in [6, 6.07) is 7.28. The van der Waals surface area contributed by atoms with Crippen LogP contribution < -0.4 is 16.0 Å². The van der Waals surface area contributed by atoms with Crippen molar-refractivity contribution in [3.05, 3.63) is 29.8 Å². The second kappa shape index (κ2) is 8.32. The maximum atomic E-state index is 11.7. The van der Waals surface area contributed by atoms with Gasteiger partial charge in [-0.05, 0) is 37.2 Å². The van der Waals surface area contributed by atoms with Gasteiger partial charge in [0, 0.05) is 30.8 Å². The number of hydrogen-bond donors (Lipinski definition) is 3. The number of benzene rings is 1. The highest BCUT2D eigenvalue weighted by molar-refractivity contribution is 5.95. The molecule has 0 aromatic heterocycles. The molecule has 0 heterocycles. The molecule has 0 atom stereocenters. The summed E-state index contributed by atoms with van der Waals surface area (Å²) in [5.74, 6) is -0.147. The third-order valence-corrected chi connectivity index (χ3v) is 2.79. The Hall–Kier alpha value is -1.88. The zero-order valence-corrected chi connectivity index (χ0v) is 12.3. The third kappa shape index (κ3) is 5.84. The van der Waals surface area contributed by atoms with Crippen molar-refractivity contribution in [2.24, 2.45) is 0 Å². The number of carbonyl (C=O) groups excluding carboxylic acids is 2. The fourth-order valence-corrected chi connectivity index (χ4v) is 1.71. The smallest absolute Gasteiger partial charge is 0.251 e. The molecular formula is C15H23N3O2. The van der Waals surface area contributed by atoms with Crippen molar-refractivity contribution in [2.45, 2.75) is 32.7 Å². The van der Waals surface area contributed by atoms with Crippen LogP contribution in [-0.4, -0.2) is 31.4 Å². The van der Waals surface area contributed by atoms with Crippen LogP contribution >= 0.6 is 0 Å². The summed E-state index contributed by atoms with van der Waals surface area (Å²) in [6.07, 6.45) is 1.29. The van der Waals surface area contributed by atoms with Gasteiger partial charge in [0.15, 0.2) is 0 Å². The van der Waals surface area contributed by atoms with E-state index in [2.05, 4.69) is 29.8 Å². The van der Waals surface area contributed by atoms with Gasteiger partial charge in [0.25, 0.3) is 5.91 Å². The Bertz CT molecular complexity index is 441. The molecule has 0 saturated carbocycles. The van der Waals surface area contributed by atoms with E-state index in [4.69, 9.17) is 0 Å². The Morgan fingerprint density at radius 3 is 2.35 bits per heavy atom. The summed E-state index contributed by atoms with van der Waals surface area (Å²) in [5.41, 5.74) is 1.28. The summed E-state index contributed by atoms with van der Waals surface area (Å²) in [6.45, 7) is 4.99. The molecule has 0 aliphatic rings. The first-order valence-electron chi connectivity index (χ1n) is 6.88. The first kappa shape index (κ1) is 16.2. The van der Waals surface area contributed by atoms with Gasteiger partial charge in [-0.3, -0.25) is 9.59 Å². The number of nitrogens with one attached hydrogen (secondary N) is 3. The Labute approximate surface area is 120 Å². The lowest BCUT2D eigenvalue weighted by atomic mass is 10.2. The van der Waals surface area contributed by atoms with Crippen molar-refractivity contribution in [3.8, 4) is 0 Å². The Morgan fingerprint density at radius 2 is 1.80 bits per heavy atom. The van der Waals surface area contributed by atoms with E-state index < -0.39 is 0 Å². The molecule has 2 amide bonds. The summed E-state index contributed by atoms with van der Waals surface area (Å²) < 4.78 is 0. The minimum atomic E-state index is -0.136. The molecule has 0 saturated heterocycles. The highest BCUT2D eigenvalue weighted by atomic mass is 16.2. The van der Waals surface area contributed by atoms with Crippen LogP contribution in [0.3, 0.4) is 0 Å². The van der Waals surface area contributed by atoms with E-state index in [1.165, 1.54) is 0 Å². The molecule has 0 spiro atoms. The van der Waals surface area contributed by atoms with E-state index >= 15 is 0 Å². The number of carbonyl (C=O) groups is 2. The van der Waals surface area contributed by atoms with Gasteiger partial charge in [-0.2, -0.15) is 0 Å². The first-order valence-corrected chi connectivity index (χ1v) is 6.88. The van der Waals surface area contributed by atoms with Gasteiger partial charge in [-0.15, -0.1) is 0 Å². The van der Waals surface area contributed by atoms with Crippen molar-refractivity contribution in [3.63, 3.8) is 0 Å². The van der Waals surface area contributed by atoms with E-state index in [0.717, 1.165) is 13.0 Å². The van der Waals surface area contributed by atoms with Gasteiger partial charge < -0.3 is 16.0 Å². The average molecular weight is 277 g/mol. The van der Waals surface area contributed by atoms with Gasteiger partial charge in [0.05, 0.1) is 0 Å². The molecule has 1 rings (SSSR count). The zero-order chi connectivity index (χ0) is 15.0. The van der Waals surface area contributed by atoms with E-state index in [1.54, 1.807) is 31.3 Å². The molecule has 1 aromatic rings. The van der Waals surface area contributed by atoms with Crippen LogP contribution in [0.1, 0.15) is 37.0 Å². The number of amides is 2. The van der Waals surface area contributed by atoms with Crippen LogP contribution in [0.4, 0.5) is 5.69 Å². The second-order valence-electron chi connectivity index (χ2n) is 4.92. The van der Waals surface area contributed by atoms with Gasteiger partial charge in [-0.25, -0.2) is 0 Å². The molecule has 0 aliphatic carbocycles. The first-order chi connectivity index (χ1) is 9.52. The normalized spacial score (nSPS) is 10.4. The predicted molar refractivity (Wildman–Crippen MR) is 80.8 cm³/mol. The van der Waals surface area contributed by atoms with Crippen LogP contribution in [0.2, 0.25) is 0 Å². The zero-order valence-electron chi connectivity index (χ0n) is 12.3. The summed E-state index contributed by atoms with van der Waals surface area (Å²) in [5, 5.41) is 8.63. The minimum Gasteiger partial charge on any atom is -0.355 e. The molecule has 20 heavy (non-hydrogen) atoms. The Balaban J connectivity index is 2.36. The van der Waals surface area contributed by atoms with E-state index in [1.807, 2.05) is 0 Å². The predicted octanol–water partition coefficient (Wildman–Crippen LogP) is 1.76. The molecule has 5 heteroatoms. The van der Waals surface area contributed by atoms with Crippen molar-refractivity contribution >= 4 is 17.5 Å². The van der Waals surface area contributed by atoms with Crippen molar-refractivity contribution in [2.75, 3.05) is 18.9 Å². The maximum Gasteiger partial charge on any atom is 0.251 e. The highest BCUT2D eigenvalue weighted by Crippen LogP contribution is 2.10. The second-order valence-corrected chi connectivity index (χ2v) is 4.92. The molecule has 5 nitrogen and oxygen atoms in total. The number of anilines is 1. The minimum absolute atomic E-state index is 0.0109. The topological polar surface area (TPSA) is 70.2 Å². The van der Waals surface area contributed by atoms with Gasteiger partial charge in [0.1, 0.15) is 0 Å². The van der Waals surface area contributed by atoms with Gasteiger partial charge in [-0.1, -0.05) is 13.8 Å².